The van der Waals surface area contributed by atoms with Crippen LogP contribution in [0.1, 0.15) is 33.4 Å². The van der Waals surface area contributed by atoms with Crippen LogP contribution in [0.4, 0.5) is 8.78 Å². The van der Waals surface area contributed by atoms with E-state index in [1.807, 2.05) is 30.9 Å². The summed E-state index contributed by atoms with van der Waals surface area (Å²) in [6, 6.07) is 26.4. The van der Waals surface area contributed by atoms with E-state index in [-0.39, 0.29) is 36.6 Å². The molecule has 0 aliphatic carbocycles. The molecular weight excluding hydrogens is 719 g/mol. The van der Waals surface area contributed by atoms with E-state index in [1.54, 1.807) is 48.7 Å². The van der Waals surface area contributed by atoms with Crippen molar-refractivity contribution in [1.82, 2.24) is 14.8 Å². The largest absolute Gasteiger partial charge is 0.493 e. The van der Waals surface area contributed by atoms with Gasteiger partial charge < -0.3 is 19.1 Å². The van der Waals surface area contributed by atoms with Gasteiger partial charge in [-0.2, -0.15) is 0 Å². The number of rotatable bonds is 13. The predicted octanol–water partition coefficient (Wildman–Crippen LogP) is 9.40. The van der Waals surface area contributed by atoms with Gasteiger partial charge >= 0.3 is 0 Å². The second-order valence-corrected chi connectivity index (χ2v) is 13.2. The first kappa shape index (κ1) is 39.3. The lowest BCUT2D eigenvalue weighted by Crippen LogP contribution is -2.47. The molecule has 11 heteroatoms. The van der Waals surface area contributed by atoms with Crippen molar-refractivity contribution in [2.24, 2.45) is 0 Å². The van der Waals surface area contributed by atoms with Crippen molar-refractivity contribution in [2.75, 3.05) is 32.8 Å². The number of nitrogens with zero attached hydrogens (tertiary/aromatic N) is 3. The van der Waals surface area contributed by atoms with E-state index in [0.29, 0.717) is 47.8 Å². The van der Waals surface area contributed by atoms with Crippen LogP contribution in [-0.2, 0) is 24.4 Å². The molecule has 4 aromatic carbocycles. The predicted molar refractivity (Wildman–Crippen MR) is 206 cm³/mol. The Hall–Kier alpha value is -4.96. The zero-order valence-corrected chi connectivity index (χ0v) is 31.1. The average Bonchev–Trinajstić information content (AvgIpc) is 3.13. The minimum atomic E-state index is -0.296. The van der Waals surface area contributed by atoms with Crippen LogP contribution in [0.15, 0.2) is 103 Å². The number of carbonyl (C=O) groups excluding carboxylic acids is 1. The van der Waals surface area contributed by atoms with Crippen LogP contribution in [0, 0.1) is 25.5 Å². The molecular formula is C42H41Cl2F2N3O4. The Bertz CT molecular complexity index is 1960. The maximum atomic E-state index is 13.7. The summed E-state index contributed by atoms with van der Waals surface area (Å²) in [6.07, 6.45) is 5.67. The molecule has 53 heavy (non-hydrogen) atoms. The van der Waals surface area contributed by atoms with Crippen LogP contribution < -0.4 is 14.2 Å². The maximum Gasteiger partial charge on any atom is 0.246 e. The van der Waals surface area contributed by atoms with Gasteiger partial charge in [0.05, 0.1) is 17.8 Å². The van der Waals surface area contributed by atoms with Crippen LogP contribution in [-0.4, -0.2) is 53.5 Å². The number of halogens is 4. The van der Waals surface area contributed by atoms with Gasteiger partial charge in [-0.1, -0.05) is 41.9 Å². The zero-order valence-electron chi connectivity index (χ0n) is 29.6. The first-order chi connectivity index (χ1) is 25.2. The summed E-state index contributed by atoms with van der Waals surface area (Å²) in [7, 11) is 0. The first-order valence-corrected chi connectivity index (χ1v) is 17.5. The molecule has 0 bridgehead atoms. The summed E-state index contributed by atoms with van der Waals surface area (Å²) in [5, 5.41) is 0.399. The molecule has 0 unspecified atom stereocenters. The highest BCUT2D eigenvalue weighted by Crippen LogP contribution is 2.34. The lowest BCUT2D eigenvalue weighted by atomic mass is 10.1. The highest BCUT2D eigenvalue weighted by atomic mass is 35.5. The van der Waals surface area contributed by atoms with E-state index in [4.69, 9.17) is 25.8 Å². The molecule has 0 spiro atoms. The number of carbonyl (C=O) groups is 1. The number of benzene rings is 4. The number of aromatic nitrogens is 1. The molecule has 1 fully saturated rings. The van der Waals surface area contributed by atoms with Crippen molar-refractivity contribution in [3.05, 3.63) is 153 Å². The van der Waals surface area contributed by atoms with Gasteiger partial charge in [-0.3, -0.25) is 9.69 Å². The Morgan fingerprint density at radius 3 is 2.21 bits per heavy atom. The Morgan fingerprint density at radius 1 is 0.811 bits per heavy atom. The fourth-order valence-corrected chi connectivity index (χ4v) is 6.26. The van der Waals surface area contributed by atoms with Crippen molar-refractivity contribution < 1.29 is 27.8 Å². The third-order valence-corrected chi connectivity index (χ3v) is 8.96. The molecule has 6 rings (SSSR count). The molecule has 7 nitrogen and oxygen atoms in total. The Kier molecular flexibility index (Phi) is 13.8. The molecule has 0 atom stereocenters. The number of piperazine rings is 1. The molecule has 0 radical (unpaired) electrons. The monoisotopic (exact) mass is 759 g/mol. The van der Waals surface area contributed by atoms with Gasteiger partial charge in [0.25, 0.3) is 0 Å². The lowest BCUT2D eigenvalue weighted by Gasteiger charge is -2.34. The summed E-state index contributed by atoms with van der Waals surface area (Å²) >= 11 is 6.60. The highest BCUT2D eigenvalue weighted by molar-refractivity contribution is 6.32. The molecule has 1 amide bonds. The average molecular weight is 761 g/mol. The number of amides is 1. The molecule has 0 N–H and O–H groups in total. The summed E-state index contributed by atoms with van der Waals surface area (Å²) < 4.78 is 44.2. The Labute approximate surface area is 320 Å². The van der Waals surface area contributed by atoms with E-state index in [0.717, 1.165) is 48.3 Å². The van der Waals surface area contributed by atoms with Crippen molar-refractivity contribution in [3.63, 3.8) is 0 Å². The van der Waals surface area contributed by atoms with Crippen molar-refractivity contribution >= 4 is 36.0 Å². The summed E-state index contributed by atoms with van der Waals surface area (Å²) in [5.41, 5.74) is 5.54. The van der Waals surface area contributed by atoms with Crippen molar-refractivity contribution in [3.8, 4) is 23.1 Å². The summed E-state index contributed by atoms with van der Waals surface area (Å²) in [5.74, 6) is 1.39. The third-order valence-electron chi connectivity index (χ3n) is 8.68. The molecule has 0 saturated carbocycles. The molecule has 1 saturated heterocycles. The highest BCUT2D eigenvalue weighted by Gasteiger charge is 2.20. The number of aryl methyl sites for hydroxylation is 2. The molecule has 276 valence electrons. The van der Waals surface area contributed by atoms with Crippen LogP contribution in [0.3, 0.4) is 0 Å². The first-order valence-electron chi connectivity index (χ1n) is 17.2. The van der Waals surface area contributed by atoms with E-state index in [1.165, 1.54) is 35.4 Å². The normalized spacial score (nSPS) is 13.1. The van der Waals surface area contributed by atoms with Gasteiger partial charge in [-0.05, 0) is 108 Å². The number of ether oxygens (including phenoxy) is 3. The van der Waals surface area contributed by atoms with E-state index < -0.39 is 0 Å². The fourth-order valence-electron chi connectivity index (χ4n) is 5.95. The minimum Gasteiger partial charge on any atom is -0.493 e. The molecule has 2 heterocycles. The van der Waals surface area contributed by atoms with Crippen molar-refractivity contribution in [1.29, 1.82) is 0 Å². The van der Waals surface area contributed by atoms with Crippen LogP contribution in [0.5, 0.6) is 23.1 Å². The van der Waals surface area contributed by atoms with Gasteiger partial charge in [0.1, 0.15) is 29.7 Å². The van der Waals surface area contributed by atoms with Gasteiger partial charge in [-0.15, -0.1) is 12.4 Å². The molecule has 5 aromatic rings. The maximum absolute atomic E-state index is 13.7. The standard InChI is InChI=1S/C42H40ClF2N3O4.ClH/c1-29-21-34(24-36(45)22-29)28-51-38-12-13-40(46-26-38)52-42-30(2)23-33(25-39(42)43)7-14-41(49)48-18-16-47(17-19-48)27-32-5-3-31(4-6-32)15-20-50-37-10-8-35(44)9-11-37;/h3-14,21-26H,15-20,27-28H2,1-2H3;1H. The van der Waals surface area contributed by atoms with E-state index >= 15 is 0 Å². The SMILES string of the molecule is Cc1cc(F)cc(COc2ccc(Oc3c(C)cc(C=CC(=O)N4CCN(Cc5ccc(CCOc6ccc(F)cc6)cc5)CC4)cc3Cl)nc2)c1.Cl. The second-order valence-electron chi connectivity index (χ2n) is 12.8. The summed E-state index contributed by atoms with van der Waals surface area (Å²) in [4.78, 5) is 21.6. The van der Waals surface area contributed by atoms with Crippen LogP contribution in [0.25, 0.3) is 6.08 Å². The fraction of sp³-hybridized carbons (Fsp3) is 0.238. The smallest absolute Gasteiger partial charge is 0.246 e. The molecule has 1 aliphatic heterocycles. The zero-order chi connectivity index (χ0) is 36.5. The van der Waals surface area contributed by atoms with Gasteiger partial charge in [0.15, 0.2) is 5.75 Å². The molecule has 1 aromatic heterocycles. The quantitative estimate of drug-likeness (QED) is 0.112. The van der Waals surface area contributed by atoms with E-state index in [2.05, 4.69) is 34.1 Å². The van der Waals surface area contributed by atoms with Crippen LogP contribution in [0.2, 0.25) is 5.02 Å². The molecule has 1 aliphatic rings. The van der Waals surface area contributed by atoms with Gasteiger partial charge in [-0.25, -0.2) is 13.8 Å². The lowest BCUT2D eigenvalue weighted by molar-refractivity contribution is -0.127. The summed E-state index contributed by atoms with van der Waals surface area (Å²) in [6.45, 7) is 8.15. The topological polar surface area (TPSA) is 64.1 Å². The Balaban J connectivity index is 0.00000541. The van der Waals surface area contributed by atoms with E-state index in [9.17, 15) is 13.6 Å². The number of hydrogen-bond acceptors (Lipinski definition) is 6. The van der Waals surface area contributed by atoms with Crippen LogP contribution >= 0.6 is 24.0 Å². The number of hydrogen-bond donors (Lipinski definition) is 0. The van der Waals surface area contributed by atoms with Crippen molar-refractivity contribution in [2.45, 2.75) is 33.4 Å². The number of pyridine rings is 1. The van der Waals surface area contributed by atoms with Gasteiger partial charge in [0, 0.05) is 51.3 Å². The minimum absolute atomic E-state index is 0. The van der Waals surface area contributed by atoms with Gasteiger partial charge in [0.2, 0.25) is 11.8 Å². The second kappa shape index (κ2) is 18.7. The third kappa shape index (κ3) is 11.5. The Morgan fingerprint density at radius 2 is 1.53 bits per heavy atom.